The van der Waals surface area contributed by atoms with Crippen molar-refractivity contribution in [3.63, 3.8) is 0 Å². The molecule has 3 aliphatic heterocycles. The van der Waals surface area contributed by atoms with Gasteiger partial charge in [0.2, 0.25) is 0 Å². The molecule has 0 amide bonds. The first kappa shape index (κ1) is 31.0. The highest BCUT2D eigenvalue weighted by Gasteiger charge is 2.77. The molecule has 226 valence electrons. The van der Waals surface area contributed by atoms with Crippen LogP contribution in [0, 0.1) is 17.3 Å². The van der Waals surface area contributed by atoms with Gasteiger partial charge in [0.1, 0.15) is 24.4 Å². The fraction of sp³-hybridized carbons (Fsp3) is 0.679. The highest BCUT2D eigenvalue weighted by molar-refractivity contribution is 6.23. The number of aliphatic hydroxyl groups is 1. The average Bonchev–Trinajstić information content (AvgIpc) is 3.08. The fourth-order valence-electron chi connectivity index (χ4n) is 7.15. The van der Waals surface area contributed by atoms with E-state index in [9.17, 15) is 29.1 Å². The molecule has 1 N–H and O–H groups in total. The first-order valence-corrected chi connectivity index (χ1v) is 13.7. The van der Waals surface area contributed by atoms with E-state index in [1.807, 2.05) is 0 Å². The number of carbonyl (C=O) groups is 5. The summed E-state index contributed by atoms with van der Waals surface area (Å²) in [6.45, 7) is 15.9. The van der Waals surface area contributed by atoms with Gasteiger partial charge < -0.3 is 33.5 Å². The Bertz CT molecular complexity index is 1210. The highest BCUT2D eigenvalue weighted by atomic mass is 35.5. The van der Waals surface area contributed by atoms with Gasteiger partial charge in [0.25, 0.3) is 0 Å². The van der Waals surface area contributed by atoms with Crippen molar-refractivity contribution in [3.8, 4) is 0 Å². The first-order chi connectivity index (χ1) is 18.9. The van der Waals surface area contributed by atoms with Crippen molar-refractivity contribution in [3.05, 3.63) is 24.3 Å². The minimum Gasteiger partial charge on any atom is -0.462 e. The lowest BCUT2D eigenvalue weighted by Gasteiger charge is -2.62. The van der Waals surface area contributed by atoms with Gasteiger partial charge in [-0.25, -0.2) is 0 Å². The third kappa shape index (κ3) is 4.73. The third-order valence-electron chi connectivity index (χ3n) is 8.80. The van der Waals surface area contributed by atoms with Gasteiger partial charge in [-0.3, -0.25) is 24.0 Å². The van der Waals surface area contributed by atoms with Gasteiger partial charge in [0.05, 0.1) is 16.7 Å². The molecule has 0 aromatic rings. The molecule has 11 atom stereocenters. The zero-order chi connectivity index (χ0) is 30.8. The summed E-state index contributed by atoms with van der Waals surface area (Å²) in [5.74, 6) is -8.19. The van der Waals surface area contributed by atoms with Crippen molar-refractivity contribution in [2.24, 2.45) is 17.3 Å². The van der Waals surface area contributed by atoms with Crippen molar-refractivity contribution >= 4 is 41.4 Å². The van der Waals surface area contributed by atoms with Crippen LogP contribution in [-0.4, -0.2) is 82.2 Å². The van der Waals surface area contributed by atoms with Gasteiger partial charge in [0, 0.05) is 52.0 Å². The average molecular weight is 599 g/mol. The SMILES string of the molecule is C=C1C[C@@H](OC(C)=O)[C@@H](OC(C)=O)[C@@]2(C)[C@H](OC(C)=O)C[C@]3(O)O[C@@]4([C@H](C)C(=O)O[C@@H]4[C@H](Cl)C3=C)[C@H](OC(C)=O)[C@H]12. The Morgan fingerprint density at radius 2 is 1.49 bits per heavy atom. The largest absolute Gasteiger partial charge is 0.462 e. The van der Waals surface area contributed by atoms with E-state index in [0.29, 0.717) is 5.57 Å². The Balaban J connectivity index is 2.09. The maximum Gasteiger partial charge on any atom is 0.312 e. The second-order valence-electron chi connectivity index (χ2n) is 11.5. The first-order valence-electron chi connectivity index (χ1n) is 13.2. The zero-order valence-electron chi connectivity index (χ0n) is 23.8. The molecule has 0 unspecified atom stereocenters. The Morgan fingerprint density at radius 1 is 0.951 bits per heavy atom. The summed E-state index contributed by atoms with van der Waals surface area (Å²) in [7, 11) is 0. The Kier molecular flexibility index (Phi) is 7.85. The minimum absolute atomic E-state index is 0.0481. The molecule has 4 fully saturated rings. The molecule has 4 rings (SSSR count). The number of rotatable bonds is 4. The van der Waals surface area contributed by atoms with E-state index in [4.69, 9.17) is 40.0 Å². The van der Waals surface area contributed by atoms with Crippen LogP contribution in [-0.2, 0) is 52.4 Å². The van der Waals surface area contributed by atoms with Crippen molar-refractivity contribution in [1.29, 1.82) is 0 Å². The van der Waals surface area contributed by atoms with Gasteiger partial charge in [-0.2, -0.15) is 0 Å². The Morgan fingerprint density at radius 3 is 2.02 bits per heavy atom. The lowest BCUT2D eigenvalue weighted by atomic mass is 9.52. The summed E-state index contributed by atoms with van der Waals surface area (Å²) in [5, 5.41) is 10.9. The zero-order valence-corrected chi connectivity index (χ0v) is 24.5. The van der Waals surface area contributed by atoms with Crippen molar-refractivity contribution in [2.75, 3.05) is 0 Å². The van der Waals surface area contributed by atoms with Crippen molar-refractivity contribution in [1.82, 2.24) is 0 Å². The maximum atomic E-state index is 13.1. The number of fused-ring (bicyclic) bond motifs is 2. The van der Waals surface area contributed by atoms with Gasteiger partial charge in [0.15, 0.2) is 17.5 Å². The standard InChI is InChI=1S/C28H35ClO12/c1-11-9-18(36-14(4)30)22(38-16(6)32)26(8)19(37-15(5)31)10-27(35)12(2)21(29)24-28(41-27,13(3)25(34)40-24)23(20(11)26)39-17(7)33/h13,18-24,35H,1-2,9-10H2,3-8H3/t13-,18-,19-,20+,21-,22-,23-,24-,26+,27+,28+/m1/s1. The van der Waals surface area contributed by atoms with Crippen molar-refractivity contribution in [2.45, 2.75) is 102 Å². The smallest absolute Gasteiger partial charge is 0.312 e. The summed E-state index contributed by atoms with van der Waals surface area (Å²) in [6, 6.07) is 0. The van der Waals surface area contributed by atoms with Crippen LogP contribution < -0.4 is 0 Å². The van der Waals surface area contributed by atoms with E-state index in [1.165, 1.54) is 13.8 Å². The lowest BCUT2D eigenvalue weighted by molar-refractivity contribution is -0.347. The van der Waals surface area contributed by atoms with Crippen LogP contribution in [0.4, 0.5) is 0 Å². The van der Waals surface area contributed by atoms with E-state index >= 15 is 0 Å². The molecule has 13 heteroatoms. The molecule has 0 aromatic heterocycles. The predicted octanol–water partition coefficient (Wildman–Crippen LogP) is 1.88. The monoisotopic (exact) mass is 598 g/mol. The molecule has 3 saturated heterocycles. The van der Waals surface area contributed by atoms with Crippen LogP contribution >= 0.6 is 11.6 Å². The van der Waals surface area contributed by atoms with Crippen LogP contribution in [0.15, 0.2) is 24.3 Å². The highest BCUT2D eigenvalue weighted by Crippen LogP contribution is 2.62. The molecule has 4 aliphatic rings. The van der Waals surface area contributed by atoms with Gasteiger partial charge in [-0.1, -0.05) is 25.7 Å². The number of hydrogen-bond acceptors (Lipinski definition) is 12. The molecule has 41 heavy (non-hydrogen) atoms. The molecule has 1 aliphatic carbocycles. The molecule has 2 bridgehead atoms. The molecule has 0 aromatic carbocycles. The molecule has 1 spiro atoms. The predicted molar refractivity (Wildman–Crippen MR) is 139 cm³/mol. The molecule has 3 heterocycles. The lowest BCUT2D eigenvalue weighted by Crippen LogP contribution is -2.76. The van der Waals surface area contributed by atoms with Crippen LogP contribution in [0.5, 0.6) is 0 Å². The second-order valence-corrected chi connectivity index (χ2v) is 11.9. The van der Waals surface area contributed by atoms with E-state index in [0.717, 1.165) is 20.8 Å². The van der Waals surface area contributed by atoms with Crippen molar-refractivity contribution < 1.29 is 57.5 Å². The van der Waals surface area contributed by atoms with E-state index in [2.05, 4.69) is 13.2 Å². The number of hydrogen-bond donors (Lipinski definition) is 1. The van der Waals surface area contributed by atoms with Gasteiger partial charge in [-0.15, -0.1) is 11.6 Å². The van der Waals surface area contributed by atoms with E-state index in [1.54, 1.807) is 6.92 Å². The molecule has 1 saturated carbocycles. The van der Waals surface area contributed by atoms with E-state index in [-0.39, 0.29) is 12.0 Å². The topological polar surface area (TPSA) is 161 Å². The fourth-order valence-corrected chi connectivity index (χ4v) is 7.57. The second kappa shape index (κ2) is 10.4. The normalized spacial score (nSPS) is 43.4. The van der Waals surface area contributed by atoms with Crippen LogP contribution in [0.25, 0.3) is 0 Å². The molecular formula is C28H35ClO12. The Hall–Kier alpha value is -2.96. The summed E-state index contributed by atoms with van der Waals surface area (Å²) < 4.78 is 35.2. The molecule has 12 nitrogen and oxygen atoms in total. The maximum absolute atomic E-state index is 13.1. The summed E-state index contributed by atoms with van der Waals surface area (Å²) >= 11 is 6.78. The van der Waals surface area contributed by atoms with Gasteiger partial charge in [-0.05, 0) is 6.92 Å². The van der Waals surface area contributed by atoms with Gasteiger partial charge >= 0.3 is 29.8 Å². The molecule has 0 radical (unpaired) electrons. The van der Waals surface area contributed by atoms with E-state index < -0.39 is 101 Å². The summed E-state index contributed by atoms with van der Waals surface area (Å²) in [5.41, 5.74) is -3.20. The Labute approximate surface area is 242 Å². The van der Waals surface area contributed by atoms with Crippen LogP contribution in [0.2, 0.25) is 0 Å². The summed E-state index contributed by atoms with van der Waals surface area (Å²) in [6.07, 6.45) is -6.96. The summed E-state index contributed by atoms with van der Waals surface area (Å²) in [4.78, 5) is 62.9. The third-order valence-corrected chi connectivity index (χ3v) is 9.30. The number of esters is 5. The quantitative estimate of drug-likeness (QED) is 0.217. The van der Waals surface area contributed by atoms with Crippen LogP contribution in [0.3, 0.4) is 0 Å². The number of alkyl halides is 1. The molecular weight excluding hydrogens is 564 g/mol. The minimum atomic E-state index is -2.34. The number of carbonyl (C=O) groups excluding carboxylic acids is 5. The van der Waals surface area contributed by atoms with Crippen LogP contribution in [0.1, 0.15) is 54.4 Å². The number of halogens is 1. The number of ether oxygens (including phenoxy) is 6.